The Morgan fingerprint density at radius 1 is 1.29 bits per heavy atom. The largest absolute Gasteiger partial charge is 0.393 e. The Bertz CT molecular complexity index is 433. The maximum absolute atomic E-state index is 9.92. The normalized spacial score (nSPS) is 13.1. The van der Waals surface area contributed by atoms with Gasteiger partial charge in [0.2, 0.25) is 0 Å². The van der Waals surface area contributed by atoms with E-state index in [0.29, 0.717) is 6.42 Å². The number of aliphatic hydroxyl groups excluding tert-OH is 1. The minimum atomic E-state index is -0.234. The molecule has 0 aliphatic heterocycles. The average Bonchev–Trinajstić information content (AvgIpc) is 2.71. The molecule has 0 bridgehead atoms. The highest BCUT2D eigenvalue weighted by Gasteiger charge is 2.09. The van der Waals surface area contributed by atoms with E-state index in [-0.39, 0.29) is 6.10 Å². The van der Waals surface area contributed by atoms with Gasteiger partial charge >= 0.3 is 0 Å². The lowest BCUT2D eigenvalue weighted by molar-refractivity contribution is 0.161. The first-order valence-corrected chi connectivity index (χ1v) is 7.13. The smallest absolute Gasteiger partial charge is 0.0964 e. The maximum Gasteiger partial charge on any atom is 0.0964 e. The van der Waals surface area contributed by atoms with Gasteiger partial charge in [-0.2, -0.15) is 0 Å². The van der Waals surface area contributed by atoms with E-state index < -0.39 is 0 Å². The summed E-state index contributed by atoms with van der Waals surface area (Å²) in [6, 6.07) is 8.14. The quantitative estimate of drug-likeness (QED) is 0.790. The zero-order valence-corrected chi connectivity index (χ0v) is 11.0. The molecule has 2 nitrogen and oxygen atoms in total. The van der Waals surface area contributed by atoms with E-state index in [1.165, 1.54) is 17.5 Å². The van der Waals surface area contributed by atoms with Crippen LogP contribution in [0.3, 0.4) is 0 Å². The number of hydrogen-bond donors (Lipinski definition) is 1. The third kappa shape index (κ3) is 3.51. The van der Waals surface area contributed by atoms with Crippen LogP contribution in [0.25, 0.3) is 10.2 Å². The molecule has 0 fully saturated rings. The first kappa shape index (κ1) is 12.5. The number of para-hydroxylation sites is 1. The summed E-state index contributed by atoms with van der Waals surface area (Å²) in [6.07, 6.45) is 4.88. The van der Waals surface area contributed by atoms with Crippen molar-refractivity contribution in [3.05, 3.63) is 29.3 Å². The number of hydrogen-bond acceptors (Lipinski definition) is 3. The molecule has 0 amide bonds. The number of fused-ring (bicyclic) bond motifs is 1. The molecule has 0 aliphatic rings. The molecular formula is C14H19NOS. The molecule has 2 rings (SSSR count). The summed E-state index contributed by atoms with van der Waals surface area (Å²) < 4.78 is 1.21. The lowest BCUT2D eigenvalue weighted by Gasteiger charge is -2.07. The number of benzene rings is 1. The van der Waals surface area contributed by atoms with Gasteiger partial charge in [0.1, 0.15) is 0 Å². The highest BCUT2D eigenvalue weighted by molar-refractivity contribution is 7.18. The van der Waals surface area contributed by atoms with Crippen molar-refractivity contribution >= 4 is 21.6 Å². The molecule has 0 spiro atoms. The van der Waals surface area contributed by atoms with Crippen LogP contribution >= 0.6 is 11.3 Å². The number of nitrogens with zero attached hydrogens (tertiary/aromatic N) is 1. The van der Waals surface area contributed by atoms with Gasteiger partial charge in [0.15, 0.2) is 0 Å². The standard InChI is InChI=1S/C14H19NOS/c1-2-3-4-7-11(16)10-14-15-12-8-5-6-9-13(12)17-14/h5-6,8-9,11,16H,2-4,7,10H2,1H3. The first-order valence-electron chi connectivity index (χ1n) is 6.32. The summed E-state index contributed by atoms with van der Waals surface area (Å²) in [7, 11) is 0. The molecule has 2 aromatic rings. The Balaban J connectivity index is 1.93. The molecule has 1 atom stereocenters. The van der Waals surface area contributed by atoms with E-state index in [1.807, 2.05) is 18.2 Å². The molecule has 0 saturated heterocycles. The monoisotopic (exact) mass is 249 g/mol. The Morgan fingerprint density at radius 3 is 2.88 bits per heavy atom. The SMILES string of the molecule is CCCCCC(O)Cc1nc2ccccc2s1. The summed E-state index contributed by atoms with van der Waals surface area (Å²) >= 11 is 1.69. The minimum Gasteiger partial charge on any atom is -0.393 e. The summed E-state index contributed by atoms with van der Waals surface area (Å²) in [5.74, 6) is 0. The van der Waals surface area contributed by atoms with Gasteiger partial charge in [-0.15, -0.1) is 11.3 Å². The van der Waals surface area contributed by atoms with Crippen LogP contribution in [-0.4, -0.2) is 16.2 Å². The van der Waals surface area contributed by atoms with Crippen molar-refractivity contribution in [1.29, 1.82) is 0 Å². The van der Waals surface area contributed by atoms with E-state index in [2.05, 4.69) is 18.0 Å². The topological polar surface area (TPSA) is 33.1 Å². The van der Waals surface area contributed by atoms with Gasteiger partial charge in [-0.3, -0.25) is 0 Å². The van der Waals surface area contributed by atoms with Crippen LogP contribution in [0.4, 0.5) is 0 Å². The molecule has 0 radical (unpaired) electrons. The van der Waals surface area contributed by atoms with Crippen LogP contribution in [0.5, 0.6) is 0 Å². The van der Waals surface area contributed by atoms with Crippen molar-refractivity contribution in [3.63, 3.8) is 0 Å². The summed E-state index contributed by atoms with van der Waals surface area (Å²) in [5.41, 5.74) is 1.05. The van der Waals surface area contributed by atoms with Gasteiger partial charge in [0.25, 0.3) is 0 Å². The third-order valence-corrected chi connectivity index (χ3v) is 3.95. The van der Waals surface area contributed by atoms with E-state index in [4.69, 9.17) is 0 Å². The second-order valence-corrected chi connectivity index (χ2v) is 5.54. The lowest BCUT2D eigenvalue weighted by Crippen LogP contribution is -2.09. The molecule has 0 saturated carbocycles. The van der Waals surface area contributed by atoms with Gasteiger partial charge in [-0.1, -0.05) is 38.3 Å². The lowest BCUT2D eigenvalue weighted by atomic mass is 10.1. The van der Waals surface area contributed by atoms with Gasteiger partial charge in [0, 0.05) is 6.42 Å². The van der Waals surface area contributed by atoms with Crippen molar-refractivity contribution in [3.8, 4) is 0 Å². The second kappa shape index (κ2) is 6.12. The fourth-order valence-electron chi connectivity index (χ4n) is 1.94. The number of rotatable bonds is 6. The fourth-order valence-corrected chi connectivity index (χ4v) is 2.98. The molecule has 92 valence electrons. The average molecular weight is 249 g/mol. The van der Waals surface area contributed by atoms with Gasteiger partial charge in [0.05, 0.1) is 21.3 Å². The molecule has 1 unspecified atom stereocenters. The number of aromatic nitrogens is 1. The van der Waals surface area contributed by atoms with Crippen LogP contribution in [0.15, 0.2) is 24.3 Å². The maximum atomic E-state index is 9.92. The highest BCUT2D eigenvalue weighted by Crippen LogP contribution is 2.23. The van der Waals surface area contributed by atoms with Crippen LogP contribution in [0.2, 0.25) is 0 Å². The van der Waals surface area contributed by atoms with E-state index in [1.54, 1.807) is 11.3 Å². The molecular weight excluding hydrogens is 230 g/mol. The van der Waals surface area contributed by atoms with E-state index >= 15 is 0 Å². The molecule has 1 aromatic carbocycles. The zero-order valence-electron chi connectivity index (χ0n) is 10.2. The summed E-state index contributed by atoms with van der Waals surface area (Å²) in [4.78, 5) is 4.54. The molecule has 0 aliphatic carbocycles. The van der Waals surface area contributed by atoms with Gasteiger partial charge in [-0.05, 0) is 18.6 Å². The Hall–Kier alpha value is -0.930. The minimum absolute atomic E-state index is 0.234. The van der Waals surface area contributed by atoms with E-state index in [0.717, 1.165) is 23.4 Å². The van der Waals surface area contributed by atoms with Crippen LogP contribution < -0.4 is 0 Å². The van der Waals surface area contributed by atoms with Crippen molar-refractivity contribution in [1.82, 2.24) is 4.98 Å². The van der Waals surface area contributed by atoms with Crippen molar-refractivity contribution < 1.29 is 5.11 Å². The third-order valence-electron chi connectivity index (χ3n) is 2.89. The fraction of sp³-hybridized carbons (Fsp3) is 0.500. The highest BCUT2D eigenvalue weighted by atomic mass is 32.1. The number of unbranched alkanes of at least 4 members (excludes halogenated alkanes) is 2. The Labute approximate surface area is 106 Å². The van der Waals surface area contributed by atoms with Crippen molar-refractivity contribution in [2.45, 2.75) is 45.1 Å². The molecule has 17 heavy (non-hydrogen) atoms. The molecule has 1 N–H and O–H groups in total. The summed E-state index contributed by atoms with van der Waals surface area (Å²) in [5, 5.41) is 11.0. The van der Waals surface area contributed by atoms with E-state index in [9.17, 15) is 5.11 Å². The molecule has 1 heterocycles. The van der Waals surface area contributed by atoms with Gasteiger partial charge < -0.3 is 5.11 Å². The number of thiazole rings is 1. The van der Waals surface area contributed by atoms with Crippen molar-refractivity contribution in [2.75, 3.05) is 0 Å². The number of aliphatic hydroxyl groups is 1. The Morgan fingerprint density at radius 2 is 2.12 bits per heavy atom. The first-order chi connectivity index (χ1) is 8.29. The van der Waals surface area contributed by atoms with Crippen LogP contribution in [0, 0.1) is 0 Å². The van der Waals surface area contributed by atoms with Gasteiger partial charge in [-0.25, -0.2) is 4.98 Å². The Kier molecular flexibility index (Phi) is 4.51. The zero-order chi connectivity index (χ0) is 12.1. The van der Waals surface area contributed by atoms with Crippen molar-refractivity contribution in [2.24, 2.45) is 0 Å². The predicted octanol–water partition coefficient (Wildman–Crippen LogP) is 3.78. The predicted molar refractivity (Wildman–Crippen MR) is 73.5 cm³/mol. The molecule has 1 aromatic heterocycles. The second-order valence-electron chi connectivity index (χ2n) is 4.43. The van der Waals surface area contributed by atoms with Crippen LogP contribution in [0.1, 0.15) is 37.6 Å². The molecule has 3 heteroatoms. The summed E-state index contributed by atoms with van der Waals surface area (Å²) in [6.45, 7) is 2.18. The van der Waals surface area contributed by atoms with Crippen LogP contribution in [-0.2, 0) is 6.42 Å².